The van der Waals surface area contributed by atoms with Crippen LogP contribution in [0.1, 0.15) is 70.6 Å². The summed E-state index contributed by atoms with van der Waals surface area (Å²) in [5.74, 6) is 1.44. The molecule has 8 nitrogen and oxygen atoms in total. The van der Waals surface area contributed by atoms with Gasteiger partial charge in [-0.25, -0.2) is 4.79 Å². The molecule has 0 aromatic carbocycles. The number of amides is 1. The van der Waals surface area contributed by atoms with Gasteiger partial charge < -0.3 is 24.4 Å². The number of aliphatic hydroxyl groups is 1. The molecule has 2 fully saturated rings. The largest absolute Gasteiger partial charge is 0.428 e. The number of allylic oxidation sites excluding steroid dienone is 1. The molecule has 0 aromatic rings. The number of nitrogens with one attached hydrogen (secondary N) is 1. The fourth-order valence-electron chi connectivity index (χ4n) is 3.96. The van der Waals surface area contributed by atoms with Crippen molar-refractivity contribution in [1.82, 2.24) is 5.32 Å². The van der Waals surface area contributed by atoms with Gasteiger partial charge in [-0.2, -0.15) is 0 Å². The molecule has 0 aromatic heterocycles. The van der Waals surface area contributed by atoms with Crippen molar-refractivity contribution in [3.8, 4) is 0 Å². The molecule has 9 heteroatoms. The Morgan fingerprint density at radius 3 is 2.61 bits per heavy atom. The summed E-state index contributed by atoms with van der Waals surface area (Å²) < 4.78 is 9.79. The summed E-state index contributed by atoms with van der Waals surface area (Å²) in [5.41, 5.74) is 1.05. The van der Waals surface area contributed by atoms with Crippen LogP contribution < -0.4 is 5.32 Å². The third-order valence-electron chi connectivity index (χ3n) is 5.42. The zero-order valence-corrected chi connectivity index (χ0v) is 17.1. The van der Waals surface area contributed by atoms with Gasteiger partial charge in [-0.3, -0.25) is 10.1 Å². The van der Waals surface area contributed by atoms with Crippen molar-refractivity contribution >= 4 is 20.4 Å². The van der Waals surface area contributed by atoms with Crippen LogP contribution in [0.3, 0.4) is 0 Å². The molecule has 2 atom stereocenters. The normalized spacial score (nSPS) is 23.4. The van der Waals surface area contributed by atoms with Crippen molar-refractivity contribution in [2.24, 2.45) is 11.8 Å². The SMILES string of the molecule is O=C(NC(O)CCC1CCCC(=CP(O)O)C1)OCOC(=O)C1CCCCC1. The van der Waals surface area contributed by atoms with E-state index in [9.17, 15) is 14.7 Å². The second-order valence-electron chi connectivity index (χ2n) is 7.66. The minimum absolute atomic E-state index is 0.103. The van der Waals surface area contributed by atoms with Crippen LogP contribution in [0.5, 0.6) is 0 Å². The molecule has 0 radical (unpaired) electrons. The number of aliphatic hydroxyl groups excluding tert-OH is 1. The van der Waals surface area contributed by atoms with E-state index in [1.54, 1.807) is 0 Å². The Morgan fingerprint density at radius 2 is 1.89 bits per heavy atom. The Balaban J connectivity index is 1.58. The summed E-state index contributed by atoms with van der Waals surface area (Å²) in [5, 5.41) is 12.3. The van der Waals surface area contributed by atoms with E-state index >= 15 is 0 Å². The topological polar surface area (TPSA) is 125 Å². The maximum absolute atomic E-state index is 11.9. The standard InChI is InChI=1S/C19H32NO7P/c21-17(10-9-14-5-4-6-15(11-14)12-28(24)25)20-19(23)27-13-26-18(22)16-7-2-1-3-8-16/h12,14,16-17,21,24-25H,1-11,13H2,(H,20,23). The molecule has 1 amide bonds. The van der Waals surface area contributed by atoms with Crippen LogP contribution in [0.15, 0.2) is 11.4 Å². The lowest BCUT2D eigenvalue weighted by Crippen LogP contribution is -2.36. The predicted molar refractivity (Wildman–Crippen MR) is 104 cm³/mol. The number of hydrogen-bond donors (Lipinski definition) is 4. The van der Waals surface area contributed by atoms with Gasteiger partial charge in [0.05, 0.1) is 5.92 Å². The van der Waals surface area contributed by atoms with Gasteiger partial charge in [0.25, 0.3) is 0 Å². The van der Waals surface area contributed by atoms with E-state index in [0.717, 1.165) is 63.4 Å². The lowest BCUT2D eigenvalue weighted by atomic mass is 9.83. The number of ether oxygens (including phenoxy) is 2. The van der Waals surface area contributed by atoms with Crippen molar-refractivity contribution in [2.75, 3.05) is 6.79 Å². The van der Waals surface area contributed by atoms with Gasteiger partial charge in [-0.15, -0.1) is 0 Å². The van der Waals surface area contributed by atoms with Crippen LogP contribution >= 0.6 is 8.38 Å². The van der Waals surface area contributed by atoms with E-state index in [1.165, 1.54) is 5.82 Å². The number of rotatable bonds is 8. The van der Waals surface area contributed by atoms with Crippen molar-refractivity contribution in [3.63, 3.8) is 0 Å². The van der Waals surface area contributed by atoms with Crippen LogP contribution in [0.4, 0.5) is 4.79 Å². The number of carbonyl (C=O) groups is 2. The highest BCUT2D eigenvalue weighted by Gasteiger charge is 2.23. The maximum Gasteiger partial charge on any atom is 0.412 e. The molecule has 0 heterocycles. The third kappa shape index (κ3) is 8.86. The number of hydrogen-bond acceptors (Lipinski definition) is 7. The first-order valence-electron chi connectivity index (χ1n) is 10.1. The van der Waals surface area contributed by atoms with Gasteiger partial charge in [-0.1, -0.05) is 24.8 Å². The smallest absolute Gasteiger partial charge is 0.412 e. The average molecular weight is 417 g/mol. The molecule has 2 aliphatic carbocycles. The number of alkyl carbamates (subject to hydrolysis) is 1. The fraction of sp³-hybridized carbons (Fsp3) is 0.789. The first kappa shape index (κ1) is 23.1. The lowest BCUT2D eigenvalue weighted by molar-refractivity contribution is -0.158. The fourth-order valence-corrected chi connectivity index (χ4v) is 4.52. The van der Waals surface area contributed by atoms with Crippen LogP contribution in [0.25, 0.3) is 0 Å². The van der Waals surface area contributed by atoms with Crippen LogP contribution in [-0.2, 0) is 14.3 Å². The summed E-state index contributed by atoms with van der Waals surface area (Å²) >= 11 is 0. The number of esters is 1. The molecule has 2 unspecified atom stereocenters. The third-order valence-corrected chi connectivity index (χ3v) is 6.02. The minimum Gasteiger partial charge on any atom is -0.428 e. The molecule has 28 heavy (non-hydrogen) atoms. The van der Waals surface area contributed by atoms with Gasteiger partial charge >= 0.3 is 12.1 Å². The summed E-state index contributed by atoms with van der Waals surface area (Å²) in [7, 11) is -2.01. The zero-order valence-electron chi connectivity index (χ0n) is 16.2. The van der Waals surface area contributed by atoms with Gasteiger partial charge in [0.15, 0.2) is 8.38 Å². The summed E-state index contributed by atoms with van der Waals surface area (Å²) in [6, 6.07) is 0. The molecule has 2 rings (SSSR count). The van der Waals surface area contributed by atoms with Crippen LogP contribution in [-0.4, -0.2) is 40.0 Å². The Hall–Kier alpha value is -1.21. The molecule has 0 spiro atoms. The molecule has 0 bridgehead atoms. The minimum atomic E-state index is -2.01. The average Bonchev–Trinajstić information content (AvgIpc) is 2.67. The highest BCUT2D eigenvalue weighted by molar-refractivity contribution is 7.48. The molecule has 160 valence electrons. The molecule has 2 saturated carbocycles. The Kier molecular flexibility index (Phi) is 10.2. The highest BCUT2D eigenvalue weighted by Crippen LogP contribution is 2.37. The summed E-state index contributed by atoms with van der Waals surface area (Å²) in [4.78, 5) is 41.7. The second-order valence-corrected chi connectivity index (χ2v) is 8.55. The van der Waals surface area contributed by atoms with Crippen LogP contribution in [0, 0.1) is 11.8 Å². The quantitative estimate of drug-likeness (QED) is 0.271. The molecule has 2 aliphatic rings. The van der Waals surface area contributed by atoms with Gasteiger partial charge in [0.2, 0.25) is 6.79 Å². The number of carbonyl (C=O) groups excluding carboxylic acids is 2. The van der Waals surface area contributed by atoms with Gasteiger partial charge in [0, 0.05) is 0 Å². The van der Waals surface area contributed by atoms with Gasteiger partial charge in [0.1, 0.15) is 6.23 Å². The molecular weight excluding hydrogens is 385 g/mol. The second kappa shape index (κ2) is 12.4. The van der Waals surface area contributed by atoms with E-state index in [-0.39, 0.29) is 11.9 Å². The van der Waals surface area contributed by atoms with E-state index in [4.69, 9.17) is 19.3 Å². The first-order valence-corrected chi connectivity index (χ1v) is 11.4. The monoisotopic (exact) mass is 417 g/mol. The maximum atomic E-state index is 11.9. The van der Waals surface area contributed by atoms with Crippen molar-refractivity contribution in [3.05, 3.63) is 11.4 Å². The molecule has 0 aliphatic heterocycles. The van der Waals surface area contributed by atoms with Gasteiger partial charge in [-0.05, 0) is 63.1 Å². The molecule has 4 N–H and O–H groups in total. The Morgan fingerprint density at radius 1 is 1.14 bits per heavy atom. The van der Waals surface area contributed by atoms with E-state index in [0.29, 0.717) is 18.8 Å². The van der Waals surface area contributed by atoms with Crippen molar-refractivity contribution in [1.29, 1.82) is 0 Å². The first-order chi connectivity index (χ1) is 13.4. The summed E-state index contributed by atoms with van der Waals surface area (Å²) in [6.07, 6.45) is 7.72. The summed E-state index contributed by atoms with van der Waals surface area (Å²) in [6.45, 7) is -0.448. The van der Waals surface area contributed by atoms with Crippen molar-refractivity contribution in [2.45, 2.75) is 76.9 Å². The molecule has 0 saturated heterocycles. The lowest BCUT2D eigenvalue weighted by Gasteiger charge is -2.25. The van der Waals surface area contributed by atoms with E-state index < -0.39 is 27.5 Å². The van der Waals surface area contributed by atoms with E-state index in [1.807, 2.05) is 0 Å². The predicted octanol–water partition coefficient (Wildman–Crippen LogP) is 3.26. The van der Waals surface area contributed by atoms with Crippen molar-refractivity contribution < 1.29 is 34.0 Å². The Labute approximate surface area is 167 Å². The zero-order chi connectivity index (χ0) is 20.4. The highest BCUT2D eigenvalue weighted by atomic mass is 31.2. The van der Waals surface area contributed by atoms with Crippen LogP contribution in [0.2, 0.25) is 0 Å². The Bertz CT molecular complexity index is 534. The molecular formula is C19H32NO7P. The van der Waals surface area contributed by atoms with E-state index in [2.05, 4.69) is 5.32 Å².